The lowest BCUT2D eigenvalue weighted by Gasteiger charge is -2.18. The summed E-state index contributed by atoms with van der Waals surface area (Å²) in [6.07, 6.45) is 7.10. The van der Waals surface area contributed by atoms with Crippen molar-refractivity contribution in [2.24, 2.45) is 0 Å². The van der Waals surface area contributed by atoms with Crippen molar-refractivity contribution in [3.8, 4) is 6.19 Å². The van der Waals surface area contributed by atoms with Crippen molar-refractivity contribution in [1.82, 2.24) is 9.97 Å². The molecule has 0 radical (unpaired) electrons. The van der Waals surface area contributed by atoms with E-state index in [0.29, 0.717) is 5.82 Å². The van der Waals surface area contributed by atoms with Crippen LogP contribution in [-0.4, -0.2) is 30.6 Å². The maximum absolute atomic E-state index is 8.79. The minimum atomic E-state index is 0.625. The molecule has 0 aliphatic rings. The van der Waals surface area contributed by atoms with Gasteiger partial charge in [0.2, 0.25) is 0 Å². The van der Waals surface area contributed by atoms with Gasteiger partial charge in [0, 0.05) is 26.7 Å². The Bertz CT molecular complexity index is 385. The Balaban J connectivity index is 2.67. The van der Waals surface area contributed by atoms with Crippen molar-refractivity contribution < 1.29 is 0 Å². The van der Waals surface area contributed by atoms with Crippen molar-refractivity contribution in [2.75, 3.05) is 30.4 Å². The fourth-order valence-electron chi connectivity index (χ4n) is 1.49. The third-order valence-corrected chi connectivity index (χ3v) is 2.62. The van der Waals surface area contributed by atoms with Gasteiger partial charge in [-0.2, -0.15) is 5.26 Å². The maximum Gasteiger partial charge on any atom is 0.185 e. The summed E-state index contributed by atoms with van der Waals surface area (Å²) in [6.45, 7) is 3.16. The van der Waals surface area contributed by atoms with Crippen molar-refractivity contribution in [3.05, 3.63) is 12.4 Å². The van der Waals surface area contributed by atoms with Gasteiger partial charge in [0.15, 0.2) is 6.19 Å². The average Bonchev–Trinajstić information content (AvgIpc) is 2.38. The molecule has 1 heterocycles. The van der Waals surface area contributed by atoms with Crippen LogP contribution in [0, 0.1) is 11.5 Å². The zero-order valence-corrected chi connectivity index (χ0v) is 10.7. The lowest BCUT2D eigenvalue weighted by molar-refractivity contribution is 0.701. The van der Waals surface area contributed by atoms with Crippen LogP contribution in [0.3, 0.4) is 0 Å². The summed E-state index contributed by atoms with van der Waals surface area (Å²) >= 11 is 0. The largest absolute Gasteiger partial charge is 0.360 e. The number of rotatable bonds is 6. The highest BCUT2D eigenvalue weighted by Gasteiger charge is 2.06. The van der Waals surface area contributed by atoms with Gasteiger partial charge in [0.1, 0.15) is 18.0 Å². The molecule has 0 bridgehead atoms. The zero-order valence-electron chi connectivity index (χ0n) is 10.7. The Hall–Kier alpha value is -1.83. The van der Waals surface area contributed by atoms with Crippen LogP contribution in [0.2, 0.25) is 0 Å². The summed E-state index contributed by atoms with van der Waals surface area (Å²) in [5, 5.41) is 8.79. The summed E-state index contributed by atoms with van der Waals surface area (Å²) in [5.74, 6) is 1.48. The van der Waals surface area contributed by atoms with Gasteiger partial charge < -0.3 is 4.90 Å². The molecule has 0 unspecified atom stereocenters. The van der Waals surface area contributed by atoms with Crippen LogP contribution in [0.5, 0.6) is 0 Å². The van der Waals surface area contributed by atoms with Crippen molar-refractivity contribution in [3.63, 3.8) is 0 Å². The van der Waals surface area contributed by atoms with Gasteiger partial charge in [-0.1, -0.05) is 19.8 Å². The van der Waals surface area contributed by atoms with Crippen LogP contribution in [0.4, 0.5) is 11.6 Å². The molecule has 0 spiro atoms. The number of unbranched alkanes of at least 4 members (excludes halogenated alkanes) is 2. The first-order valence-electron chi connectivity index (χ1n) is 5.85. The molecule has 0 aromatic carbocycles. The lowest BCUT2D eigenvalue weighted by Crippen LogP contribution is -2.20. The number of hydrogen-bond donors (Lipinski definition) is 0. The standard InChI is InChI=1S/C12H19N5/c1-4-5-6-7-16(2)11-8-12(15-10-14-11)17(3)9-13/h8,10H,4-7H2,1-3H3. The van der Waals surface area contributed by atoms with E-state index in [-0.39, 0.29) is 0 Å². The minimum Gasteiger partial charge on any atom is -0.360 e. The van der Waals surface area contributed by atoms with Gasteiger partial charge in [0.25, 0.3) is 0 Å². The molecule has 0 atom stereocenters. The maximum atomic E-state index is 8.79. The van der Waals surface area contributed by atoms with Crippen molar-refractivity contribution >= 4 is 11.6 Å². The van der Waals surface area contributed by atoms with Gasteiger partial charge in [-0.25, -0.2) is 9.97 Å². The topological polar surface area (TPSA) is 56.0 Å². The van der Waals surface area contributed by atoms with Crippen LogP contribution in [0.15, 0.2) is 12.4 Å². The fourth-order valence-corrected chi connectivity index (χ4v) is 1.49. The molecule has 1 aromatic heterocycles. The highest BCUT2D eigenvalue weighted by Crippen LogP contribution is 2.15. The second-order valence-corrected chi connectivity index (χ2v) is 4.02. The Morgan fingerprint density at radius 1 is 1.24 bits per heavy atom. The van der Waals surface area contributed by atoms with Crippen molar-refractivity contribution in [1.29, 1.82) is 5.26 Å². The summed E-state index contributed by atoms with van der Waals surface area (Å²) in [5.41, 5.74) is 0. The summed E-state index contributed by atoms with van der Waals surface area (Å²) in [7, 11) is 3.69. The molecule has 0 saturated heterocycles. The molecule has 17 heavy (non-hydrogen) atoms. The van der Waals surface area contributed by atoms with Gasteiger partial charge in [0.05, 0.1) is 0 Å². The van der Waals surface area contributed by atoms with E-state index in [1.807, 2.05) is 19.3 Å². The molecule has 1 rings (SSSR count). The molecule has 0 aliphatic heterocycles. The van der Waals surface area contributed by atoms with Gasteiger partial charge in [-0.05, 0) is 6.42 Å². The minimum absolute atomic E-state index is 0.625. The van der Waals surface area contributed by atoms with E-state index < -0.39 is 0 Å². The lowest BCUT2D eigenvalue weighted by atomic mass is 10.2. The molecule has 0 aliphatic carbocycles. The second-order valence-electron chi connectivity index (χ2n) is 4.02. The number of hydrogen-bond acceptors (Lipinski definition) is 5. The van der Waals surface area contributed by atoms with E-state index in [0.717, 1.165) is 18.8 Å². The molecule has 0 saturated carbocycles. The molecule has 1 aromatic rings. The van der Waals surface area contributed by atoms with Crippen molar-refractivity contribution in [2.45, 2.75) is 26.2 Å². The Morgan fingerprint density at radius 2 is 1.94 bits per heavy atom. The smallest absolute Gasteiger partial charge is 0.185 e. The second kappa shape index (κ2) is 6.69. The molecule has 0 fully saturated rings. The number of nitriles is 1. The fraction of sp³-hybridized carbons (Fsp3) is 0.583. The van der Waals surface area contributed by atoms with E-state index in [1.165, 1.54) is 24.1 Å². The quantitative estimate of drug-likeness (QED) is 0.427. The molecule has 92 valence electrons. The molecule has 0 amide bonds. The summed E-state index contributed by atoms with van der Waals surface area (Å²) < 4.78 is 0. The average molecular weight is 233 g/mol. The Labute approximate surface area is 103 Å². The summed E-state index contributed by atoms with van der Waals surface area (Å²) in [6, 6.07) is 1.83. The van der Waals surface area contributed by atoms with Crippen LogP contribution in [-0.2, 0) is 0 Å². The molecule has 0 N–H and O–H groups in total. The molecule has 5 nitrogen and oxygen atoms in total. The highest BCUT2D eigenvalue weighted by molar-refractivity contribution is 5.51. The van der Waals surface area contributed by atoms with E-state index in [4.69, 9.17) is 5.26 Å². The Kier molecular flexibility index (Phi) is 5.21. The molecular formula is C12H19N5. The predicted molar refractivity (Wildman–Crippen MR) is 68.8 cm³/mol. The first-order chi connectivity index (χ1) is 8.19. The molecule has 5 heteroatoms. The third-order valence-electron chi connectivity index (χ3n) is 2.62. The zero-order chi connectivity index (χ0) is 12.7. The molecular weight excluding hydrogens is 214 g/mol. The van der Waals surface area contributed by atoms with Gasteiger partial charge in [-0.3, -0.25) is 4.90 Å². The first kappa shape index (κ1) is 13.2. The van der Waals surface area contributed by atoms with Gasteiger partial charge >= 0.3 is 0 Å². The predicted octanol–water partition coefficient (Wildman–Crippen LogP) is 2.02. The number of aromatic nitrogens is 2. The summed E-state index contributed by atoms with van der Waals surface area (Å²) in [4.78, 5) is 11.8. The normalized spacial score (nSPS) is 9.76. The van der Waals surface area contributed by atoms with E-state index >= 15 is 0 Å². The van der Waals surface area contributed by atoms with Crippen LogP contribution < -0.4 is 9.80 Å². The SMILES string of the molecule is CCCCCN(C)c1cc(N(C)C#N)ncn1. The third kappa shape index (κ3) is 3.91. The monoisotopic (exact) mass is 233 g/mol. The highest BCUT2D eigenvalue weighted by atomic mass is 15.2. The Morgan fingerprint density at radius 3 is 2.59 bits per heavy atom. The van der Waals surface area contributed by atoms with Crippen LogP contribution in [0.25, 0.3) is 0 Å². The van der Waals surface area contributed by atoms with Crippen LogP contribution in [0.1, 0.15) is 26.2 Å². The van der Waals surface area contributed by atoms with Gasteiger partial charge in [-0.15, -0.1) is 0 Å². The first-order valence-corrected chi connectivity index (χ1v) is 5.85. The number of anilines is 2. The van der Waals surface area contributed by atoms with E-state index in [9.17, 15) is 0 Å². The number of nitrogens with zero attached hydrogens (tertiary/aromatic N) is 5. The van der Waals surface area contributed by atoms with E-state index in [1.54, 1.807) is 7.05 Å². The van der Waals surface area contributed by atoms with E-state index in [2.05, 4.69) is 21.8 Å². The van der Waals surface area contributed by atoms with Crippen LogP contribution >= 0.6 is 0 Å².